The van der Waals surface area contributed by atoms with E-state index in [1.54, 1.807) is 11.3 Å². The summed E-state index contributed by atoms with van der Waals surface area (Å²) < 4.78 is 2.63. The Bertz CT molecular complexity index is 427. The van der Waals surface area contributed by atoms with Gasteiger partial charge in [0.25, 0.3) is 0 Å². The summed E-state index contributed by atoms with van der Waals surface area (Å²) in [7, 11) is 0. The Morgan fingerprint density at radius 2 is 2.36 bits per heavy atom. The Morgan fingerprint density at radius 1 is 1.57 bits per heavy atom. The Morgan fingerprint density at radius 3 is 2.86 bits per heavy atom. The van der Waals surface area contributed by atoms with Gasteiger partial charge in [0.15, 0.2) is 0 Å². The summed E-state index contributed by atoms with van der Waals surface area (Å²) in [5.41, 5.74) is 6.65. The molecule has 3 nitrogen and oxygen atoms in total. The first-order chi connectivity index (χ1) is 6.65. The molecule has 0 spiro atoms. The molecule has 0 unspecified atom stereocenters. The van der Waals surface area contributed by atoms with Crippen LogP contribution in [0.2, 0.25) is 4.34 Å². The zero-order valence-corrected chi connectivity index (χ0v) is 9.27. The average Bonchev–Trinajstić information content (AvgIpc) is 2.62. The number of hydrogen-bond acceptors (Lipinski definition) is 3. The largest absolute Gasteiger partial charge is 0.382 e. The minimum Gasteiger partial charge on any atom is -0.382 e. The van der Waals surface area contributed by atoms with Crippen molar-refractivity contribution < 1.29 is 0 Å². The maximum atomic E-state index is 5.83. The van der Waals surface area contributed by atoms with Gasteiger partial charge in [0.2, 0.25) is 0 Å². The maximum Gasteiger partial charge on any atom is 0.148 e. The van der Waals surface area contributed by atoms with Crippen molar-refractivity contribution in [3.05, 3.63) is 33.1 Å². The molecule has 0 amide bonds. The van der Waals surface area contributed by atoms with E-state index in [1.807, 2.05) is 29.9 Å². The molecule has 0 atom stereocenters. The molecule has 2 aromatic heterocycles. The number of anilines is 1. The second kappa shape index (κ2) is 3.63. The van der Waals surface area contributed by atoms with Crippen LogP contribution in [0.25, 0.3) is 0 Å². The Hall–Kier alpha value is -1.00. The lowest BCUT2D eigenvalue weighted by atomic mass is 10.4. The summed E-state index contributed by atoms with van der Waals surface area (Å²) in [6, 6.07) is 3.89. The van der Waals surface area contributed by atoms with E-state index in [2.05, 4.69) is 5.10 Å². The number of nitrogens with two attached hydrogens (primary N) is 1. The van der Waals surface area contributed by atoms with Gasteiger partial charge in [-0.2, -0.15) is 5.10 Å². The van der Waals surface area contributed by atoms with Crippen molar-refractivity contribution in [2.75, 3.05) is 5.73 Å². The van der Waals surface area contributed by atoms with Gasteiger partial charge in [0.05, 0.1) is 10.9 Å². The molecule has 74 valence electrons. The van der Waals surface area contributed by atoms with Crippen molar-refractivity contribution in [2.24, 2.45) is 0 Å². The molecule has 2 N–H and O–H groups in total. The molecular weight excluding hydrogens is 218 g/mol. The van der Waals surface area contributed by atoms with Gasteiger partial charge in [-0.15, -0.1) is 11.3 Å². The summed E-state index contributed by atoms with van der Waals surface area (Å²) in [6.07, 6.45) is 1.93. The van der Waals surface area contributed by atoms with Crippen molar-refractivity contribution >= 4 is 28.8 Å². The second-order valence-electron chi connectivity index (χ2n) is 3.10. The van der Waals surface area contributed by atoms with Gasteiger partial charge in [0, 0.05) is 16.6 Å². The first-order valence-corrected chi connectivity index (χ1v) is 5.38. The Balaban J connectivity index is 2.18. The van der Waals surface area contributed by atoms with Crippen molar-refractivity contribution in [3.63, 3.8) is 0 Å². The van der Waals surface area contributed by atoms with E-state index in [0.717, 1.165) is 16.4 Å². The van der Waals surface area contributed by atoms with Crippen LogP contribution in [0.15, 0.2) is 18.3 Å². The van der Waals surface area contributed by atoms with E-state index >= 15 is 0 Å². The molecule has 0 radical (unpaired) electrons. The van der Waals surface area contributed by atoms with Crippen molar-refractivity contribution in [1.29, 1.82) is 0 Å². The zero-order valence-electron chi connectivity index (χ0n) is 7.70. The highest BCUT2D eigenvalue weighted by Gasteiger charge is 2.03. The van der Waals surface area contributed by atoms with Crippen LogP contribution in [0, 0.1) is 6.92 Å². The predicted molar refractivity (Wildman–Crippen MR) is 59.8 cm³/mol. The third kappa shape index (κ3) is 1.91. The standard InChI is InChI=1S/C9H10ClN3S/c1-6-4-13(12-9(6)11)5-7-2-3-8(10)14-7/h2-4H,5H2,1H3,(H2,11,12). The third-order valence-electron chi connectivity index (χ3n) is 1.93. The van der Waals surface area contributed by atoms with E-state index in [1.165, 1.54) is 4.88 Å². The number of rotatable bonds is 2. The highest BCUT2D eigenvalue weighted by atomic mass is 35.5. The lowest BCUT2D eigenvalue weighted by Gasteiger charge is -1.96. The van der Waals surface area contributed by atoms with Crippen LogP contribution in [0.3, 0.4) is 0 Å². The minimum absolute atomic E-state index is 0.590. The molecule has 0 bridgehead atoms. The fourth-order valence-corrected chi connectivity index (χ4v) is 2.29. The molecule has 0 aliphatic rings. The van der Waals surface area contributed by atoms with Crippen molar-refractivity contribution in [1.82, 2.24) is 9.78 Å². The van der Waals surface area contributed by atoms with E-state index in [0.29, 0.717) is 5.82 Å². The normalized spacial score (nSPS) is 10.7. The van der Waals surface area contributed by atoms with E-state index < -0.39 is 0 Å². The maximum absolute atomic E-state index is 5.83. The van der Waals surface area contributed by atoms with Crippen LogP contribution >= 0.6 is 22.9 Å². The smallest absolute Gasteiger partial charge is 0.148 e. The summed E-state index contributed by atoms with van der Waals surface area (Å²) in [5.74, 6) is 0.590. The van der Waals surface area contributed by atoms with E-state index in [4.69, 9.17) is 17.3 Å². The van der Waals surface area contributed by atoms with Gasteiger partial charge in [-0.1, -0.05) is 11.6 Å². The third-order valence-corrected chi connectivity index (χ3v) is 3.15. The molecule has 2 heterocycles. The van der Waals surface area contributed by atoms with Crippen LogP contribution in [0.4, 0.5) is 5.82 Å². The first kappa shape index (κ1) is 9.55. The monoisotopic (exact) mass is 227 g/mol. The fourth-order valence-electron chi connectivity index (χ4n) is 1.21. The number of nitrogens with zero attached hydrogens (tertiary/aromatic N) is 2. The molecule has 0 aromatic carbocycles. The number of thiophene rings is 1. The second-order valence-corrected chi connectivity index (χ2v) is 4.90. The topological polar surface area (TPSA) is 43.8 Å². The van der Waals surface area contributed by atoms with Crippen molar-refractivity contribution in [2.45, 2.75) is 13.5 Å². The zero-order chi connectivity index (χ0) is 10.1. The van der Waals surface area contributed by atoms with Crippen LogP contribution in [-0.4, -0.2) is 9.78 Å². The molecule has 0 aliphatic carbocycles. The van der Waals surface area contributed by atoms with Gasteiger partial charge < -0.3 is 5.73 Å². The molecule has 0 aliphatic heterocycles. The molecule has 0 saturated carbocycles. The molecule has 2 aromatic rings. The highest BCUT2D eigenvalue weighted by Crippen LogP contribution is 2.22. The first-order valence-electron chi connectivity index (χ1n) is 4.19. The predicted octanol–water partition coefficient (Wildman–Crippen LogP) is 2.54. The lowest BCUT2D eigenvalue weighted by molar-refractivity contribution is 0.698. The highest BCUT2D eigenvalue weighted by molar-refractivity contribution is 7.16. The van der Waals surface area contributed by atoms with Gasteiger partial charge in [-0.05, 0) is 19.1 Å². The van der Waals surface area contributed by atoms with Gasteiger partial charge in [-0.25, -0.2) is 0 Å². The van der Waals surface area contributed by atoms with Gasteiger partial charge in [-0.3, -0.25) is 4.68 Å². The van der Waals surface area contributed by atoms with E-state index in [9.17, 15) is 0 Å². The quantitative estimate of drug-likeness (QED) is 0.857. The Kier molecular flexibility index (Phi) is 2.48. The van der Waals surface area contributed by atoms with Crippen LogP contribution < -0.4 is 5.73 Å². The van der Waals surface area contributed by atoms with Gasteiger partial charge >= 0.3 is 0 Å². The summed E-state index contributed by atoms with van der Waals surface area (Å²) in [6.45, 7) is 2.68. The van der Waals surface area contributed by atoms with E-state index in [-0.39, 0.29) is 0 Å². The number of aryl methyl sites for hydroxylation is 1. The molecular formula is C9H10ClN3S. The van der Waals surface area contributed by atoms with Gasteiger partial charge in [0.1, 0.15) is 5.82 Å². The summed E-state index contributed by atoms with van der Waals surface area (Å²) >= 11 is 7.39. The summed E-state index contributed by atoms with van der Waals surface area (Å²) in [4.78, 5) is 1.18. The number of halogens is 1. The molecule has 0 fully saturated rings. The van der Waals surface area contributed by atoms with Crippen LogP contribution in [0.1, 0.15) is 10.4 Å². The SMILES string of the molecule is Cc1cn(Cc2ccc(Cl)s2)nc1N. The number of nitrogen functional groups attached to an aromatic ring is 1. The molecule has 14 heavy (non-hydrogen) atoms. The molecule has 0 saturated heterocycles. The van der Waals surface area contributed by atoms with Crippen LogP contribution in [0.5, 0.6) is 0 Å². The summed E-state index contributed by atoms with van der Waals surface area (Å²) in [5, 5.41) is 4.17. The lowest BCUT2D eigenvalue weighted by Crippen LogP contribution is -1.99. The fraction of sp³-hybridized carbons (Fsp3) is 0.222. The van der Waals surface area contributed by atoms with Crippen LogP contribution in [-0.2, 0) is 6.54 Å². The average molecular weight is 228 g/mol. The number of aromatic nitrogens is 2. The van der Waals surface area contributed by atoms with Crippen molar-refractivity contribution in [3.8, 4) is 0 Å². The molecule has 5 heteroatoms. The molecule has 2 rings (SSSR count). The Labute approximate surface area is 91.1 Å². The number of hydrogen-bond donors (Lipinski definition) is 1. The minimum atomic E-state index is 0.590.